The number of hydrogen-bond donors (Lipinski definition) is 0. The van der Waals surface area contributed by atoms with Gasteiger partial charge in [-0.15, -0.1) is 0 Å². The summed E-state index contributed by atoms with van der Waals surface area (Å²) >= 11 is 0. The molecule has 0 atom stereocenters. The minimum Gasteiger partial charge on any atom is -0.461 e. The number of anilines is 1. The third kappa shape index (κ3) is 3.26. The second-order valence-corrected chi connectivity index (χ2v) is 4.92. The molecule has 0 radical (unpaired) electrons. The van der Waals surface area contributed by atoms with Crippen LogP contribution in [0.1, 0.15) is 30.3 Å². The average molecular weight is 267 g/mol. The first kappa shape index (κ1) is 13.9. The summed E-state index contributed by atoms with van der Waals surface area (Å²) in [6.07, 6.45) is 3.51. The van der Waals surface area contributed by atoms with Crippen LogP contribution in [0.5, 0.6) is 0 Å². The van der Waals surface area contributed by atoms with Gasteiger partial charge < -0.3 is 19.0 Å². The third-order valence-corrected chi connectivity index (χ3v) is 3.44. The minimum absolute atomic E-state index is 0.242. The van der Waals surface area contributed by atoms with E-state index in [1.807, 2.05) is 0 Å². The highest BCUT2D eigenvalue weighted by Gasteiger charge is 2.24. The SMILES string of the molecule is CCOC(=O)c1coc(N2CCC(N(C)C)CC2)n1. The monoisotopic (exact) mass is 267 g/mol. The number of hydrogen-bond acceptors (Lipinski definition) is 6. The second kappa shape index (κ2) is 6.06. The number of nitrogens with zero attached hydrogens (tertiary/aromatic N) is 3. The maximum absolute atomic E-state index is 11.5. The number of rotatable bonds is 4. The van der Waals surface area contributed by atoms with Gasteiger partial charge in [0.05, 0.1) is 6.61 Å². The van der Waals surface area contributed by atoms with Crippen molar-refractivity contribution in [2.45, 2.75) is 25.8 Å². The topological polar surface area (TPSA) is 58.8 Å². The molecule has 1 aromatic heterocycles. The number of piperidine rings is 1. The van der Waals surface area contributed by atoms with Crippen molar-refractivity contribution in [3.05, 3.63) is 12.0 Å². The molecule has 1 aliphatic heterocycles. The number of aromatic nitrogens is 1. The first-order valence-corrected chi connectivity index (χ1v) is 6.65. The lowest BCUT2D eigenvalue weighted by atomic mass is 10.0. The Morgan fingerprint density at radius 1 is 1.53 bits per heavy atom. The van der Waals surface area contributed by atoms with Gasteiger partial charge in [0.15, 0.2) is 5.69 Å². The Morgan fingerprint density at radius 3 is 2.79 bits per heavy atom. The smallest absolute Gasteiger partial charge is 0.360 e. The molecule has 19 heavy (non-hydrogen) atoms. The van der Waals surface area contributed by atoms with Crippen molar-refractivity contribution in [3.63, 3.8) is 0 Å². The molecule has 0 aliphatic carbocycles. The van der Waals surface area contributed by atoms with E-state index in [0.717, 1.165) is 25.9 Å². The van der Waals surface area contributed by atoms with Crippen LogP contribution in [-0.4, -0.2) is 55.7 Å². The van der Waals surface area contributed by atoms with Crippen LogP contribution in [0.15, 0.2) is 10.7 Å². The van der Waals surface area contributed by atoms with Gasteiger partial charge in [0.2, 0.25) is 0 Å². The van der Waals surface area contributed by atoms with Gasteiger partial charge in [-0.05, 0) is 33.9 Å². The highest BCUT2D eigenvalue weighted by atomic mass is 16.5. The Hall–Kier alpha value is -1.56. The van der Waals surface area contributed by atoms with E-state index in [4.69, 9.17) is 9.15 Å². The molecule has 106 valence electrons. The van der Waals surface area contributed by atoms with E-state index in [9.17, 15) is 4.79 Å². The molecule has 1 saturated heterocycles. The summed E-state index contributed by atoms with van der Waals surface area (Å²) in [5, 5.41) is 0. The zero-order valence-electron chi connectivity index (χ0n) is 11.8. The molecule has 1 aromatic rings. The number of carbonyl (C=O) groups excluding carboxylic acids is 1. The lowest BCUT2D eigenvalue weighted by Crippen LogP contribution is -2.42. The Morgan fingerprint density at radius 2 is 2.21 bits per heavy atom. The quantitative estimate of drug-likeness (QED) is 0.768. The van der Waals surface area contributed by atoms with E-state index in [2.05, 4.69) is 28.9 Å². The Kier molecular flexibility index (Phi) is 4.42. The fraction of sp³-hybridized carbons (Fsp3) is 0.692. The number of esters is 1. The van der Waals surface area contributed by atoms with Crippen molar-refractivity contribution >= 4 is 12.0 Å². The minimum atomic E-state index is -0.430. The summed E-state index contributed by atoms with van der Waals surface area (Å²) in [4.78, 5) is 20.0. The van der Waals surface area contributed by atoms with E-state index in [-0.39, 0.29) is 5.69 Å². The fourth-order valence-corrected chi connectivity index (χ4v) is 2.28. The molecule has 6 heteroatoms. The van der Waals surface area contributed by atoms with Crippen molar-refractivity contribution in [3.8, 4) is 0 Å². The number of carbonyl (C=O) groups is 1. The highest BCUT2D eigenvalue weighted by Crippen LogP contribution is 2.21. The Bertz CT molecular complexity index is 423. The Labute approximate surface area is 113 Å². The maximum atomic E-state index is 11.5. The van der Waals surface area contributed by atoms with E-state index < -0.39 is 5.97 Å². The van der Waals surface area contributed by atoms with Crippen molar-refractivity contribution in [1.82, 2.24) is 9.88 Å². The van der Waals surface area contributed by atoms with E-state index in [1.165, 1.54) is 6.26 Å². The number of ether oxygens (including phenoxy) is 1. The van der Waals surface area contributed by atoms with E-state index >= 15 is 0 Å². The molecule has 1 aliphatic rings. The van der Waals surface area contributed by atoms with Gasteiger partial charge in [-0.2, -0.15) is 4.98 Å². The predicted octanol–water partition coefficient (Wildman–Crippen LogP) is 1.38. The van der Waals surface area contributed by atoms with Crippen molar-refractivity contribution in [1.29, 1.82) is 0 Å². The maximum Gasteiger partial charge on any atom is 0.360 e. The van der Waals surface area contributed by atoms with E-state index in [1.54, 1.807) is 6.92 Å². The lowest BCUT2D eigenvalue weighted by Gasteiger charge is -2.34. The van der Waals surface area contributed by atoms with Crippen molar-refractivity contribution < 1.29 is 13.9 Å². The molecule has 2 heterocycles. The predicted molar refractivity (Wildman–Crippen MR) is 71.4 cm³/mol. The van der Waals surface area contributed by atoms with Crippen LogP contribution in [0.2, 0.25) is 0 Å². The van der Waals surface area contributed by atoms with Gasteiger partial charge in [0.25, 0.3) is 6.01 Å². The zero-order chi connectivity index (χ0) is 13.8. The number of oxazole rings is 1. The second-order valence-electron chi connectivity index (χ2n) is 4.92. The molecule has 2 rings (SSSR count). The van der Waals surface area contributed by atoms with Crippen molar-refractivity contribution in [2.24, 2.45) is 0 Å². The van der Waals surface area contributed by atoms with Gasteiger partial charge >= 0.3 is 5.97 Å². The van der Waals surface area contributed by atoms with Gasteiger partial charge in [0.1, 0.15) is 6.26 Å². The normalized spacial score (nSPS) is 16.9. The third-order valence-electron chi connectivity index (χ3n) is 3.44. The van der Waals surface area contributed by atoms with Crippen LogP contribution in [-0.2, 0) is 4.74 Å². The molecular formula is C13H21N3O3. The molecule has 0 spiro atoms. The first-order valence-electron chi connectivity index (χ1n) is 6.65. The molecule has 0 amide bonds. The van der Waals surface area contributed by atoms with Crippen LogP contribution >= 0.6 is 0 Å². The highest BCUT2D eigenvalue weighted by molar-refractivity contribution is 5.87. The summed E-state index contributed by atoms with van der Waals surface area (Å²) in [6, 6.07) is 1.12. The van der Waals surface area contributed by atoms with Crippen LogP contribution in [0, 0.1) is 0 Å². The molecule has 0 bridgehead atoms. The van der Waals surface area contributed by atoms with E-state index in [0.29, 0.717) is 18.7 Å². The molecule has 0 unspecified atom stereocenters. The Balaban J connectivity index is 1.95. The van der Waals surface area contributed by atoms with Gasteiger partial charge in [0, 0.05) is 19.1 Å². The van der Waals surface area contributed by atoms with Crippen LogP contribution in [0.25, 0.3) is 0 Å². The lowest BCUT2D eigenvalue weighted by molar-refractivity contribution is 0.0519. The molecule has 6 nitrogen and oxygen atoms in total. The average Bonchev–Trinajstić information content (AvgIpc) is 2.89. The summed E-state index contributed by atoms with van der Waals surface area (Å²) < 4.78 is 10.3. The van der Waals surface area contributed by atoms with Gasteiger partial charge in [-0.1, -0.05) is 0 Å². The van der Waals surface area contributed by atoms with Gasteiger partial charge in [-0.3, -0.25) is 0 Å². The molecule has 1 fully saturated rings. The molecule has 0 aromatic carbocycles. The summed E-state index contributed by atoms with van der Waals surface area (Å²) in [5.41, 5.74) is 0.242. The summed E-state index contributed by atoms with van der Waals surface area (Å²) in [5.74, 6) is -0.430. The molecular weight excluding hydrogens is 246 g/mol. The standard InChI is InChI=1S/C13H21N3O3/c1-4-18-12(17)11-9-19-13(14-11)16-7-5-10(6-8-16)15(2)3/h9-10H,4-8H2,1-3H3. The van der Waals surface area contributed by atoms with Gasteiger partial charge in [-0.25, -0.2) is 4.79 Å². The van der Waals surface area contributed by atoms with Crippen LogP contribution < -0.4 is 4.90 Å². The summed E-state index contributed by atoms with van der Waals surface area (Å²) in [6.45, 7) is 3.90. The van der Waals surface area contributed by atoms with Crippen LogP contribution in [0.3, 0.4) is 0 Å². The zero-order valence-corrected chi connectivity index (χ0v) is 11.8. The molecule has 0 N–H and O–H groups in total. The fourth-order valence-electron chi connectivity index (χ4n) is 2.28. The van der Waals surface area contributed by atoms with Crippen molar-refractivity contribution in [2.75, 3.05) is 38.7 Å². The first-order chi connectivity index (χ1) is 9.11. The molecule has 0 saturated carbocycles. The largest absolute Gasteiger partial charge is 0.461 e. The van der Waals surface area contributed by atoms with Crippen LogP contribution in [0.4, 0.5) is 6.01 Å². The summed E-state index contributed by atoms with van der Waals surface area (Å²) in [7, 11) is 4.20.